The van der Waals surface area contributed by atoms with Gasteiger partial charge in [0.15, 0.2) is 6.29 Å². The van der Waals surface area contributed by atoms with Crippen molar-refractivity contribution >= 4 is 30.0 Å². The van der Waals surface area contributed by atoms with Gasteiger partial charge in [-0.25, -0.2) is 0 Å². The fourth-order valence-corrected chi connectivity index (χ4v) is 1.46. The minimum Gasteiger partial charge on any atom is -0.299 e. The van der Waals surface area contributed by atoms with E-state index in [0.717, 1.165) is 11.8 Å². The molecule has 0 radical (unpaired) electrons. The second-order valence-corrected chi connectivity index (χ2v) is 2.64. The van der Waals surface area contributed by atoms with Crippen molar-refractivity contribution in [1.29, 1.82) is 0 Å². The molecule has 0 aliphatic carbocycles. The van der Waals surface area contributed by atoms with Gasteiger partial charge in [0.2, 0.25) is 0 Å². The second kappa shape index (κ2) is 3.83. The smallest absolute Gasteiger partial charge is 0.151 e. The Bertz CT molecular complexity index is 286. The van der Waals surface area contributed by atoms with Crippen molar-refractivity contribution in [3.63, 3.8) is 0 Å². The molecule has 1 rings (SSSR count). The van der Waals surface area contributed by atoms with Gasteiger partial charge in [0.25, 0.3) is 0 Å². The molecular weight excluding hydrogens is 160 g/mol. The summed E-state index contributed by atoms with van der Waals surface area (Å²) in [5.41, 5.74) is 1.44. The van der Waals surface area contributed by atoms with Gasteiger partial charge in [0.05, 0.1) is 0 Å². The maximum absolute atomic E-state index is 10.3. The van der Waals surface area contributed by atoms with E-state index in [1.54, 1.807) is 11.5 Å². The Balaban J connectivity index is 2.92. The third-order valence-corrected chi connectivity index (χ3v) is 1.98. The number of aldehydes is 2. The summed E-state index contributed by atoms with van der Waals surface area (Å²) < 4.78 is 0. The largest absolute Gasteiger partial charge is 0.299 e. The normalized spacial score (nSPS) is 10.2. The zero-order chi connectivity index (χ0) is 8.10. The van der Waals surface area contributed by atoms with Crippen LogP contribution in [-0.4, -0.2) is 12.6 Å². The van der Waals surface area contributed by atoms with Crippen LogP contribution in [0.4, 0.5) is 0 Å². The van der Waals surface area contributed by atoms with Gasteiger partial charge in [0, 0.05) is 10.9 Å². The van der Waals surface area contributed by atoms with Gasteiger partial charge < -0.3 is 0 Å². The van der Waals surface area contributed by atoms with Crippen LogP contribution in [0.3, 0.4) is 0 Å². The first kappa shape index (κ1) is 7.88. The van der Waals surface area contributed by atoms with Crippen LogP contribution >= 0.6 is 11.3 Å². The molecule has 3 heteroatoms. The van der Waals surface area contributed by atoms with E-state index in [1.165, 1.54) is 17.4 Å². The van der Waals surface area contributed by atoms with Crippen molar-refractivity contribution in [2.45, 2.75) is 0 Å². The number of rotatable bonds is 3. The molecule has 0 fully saturated rings. The number of carbonyl (C=O) groups is 2. The van der Waals surface area contributed by atoms with Crippen LogP contribution in [0, 0.1) is 0 Å². The van der Waals surface area contributed by atoms with Crippen molar-refractivity contribution in [3.8, 4) is 0 Å². The zero-order valence-electron chi connectivity index (χ0n) is 5.69. The molecule has 1 aromatic rings. The Hall–Kier alpha value is -1.22. The monoisotopic (exact) mass is 166 g/mol. The highest BCUT2D eigenvalue weighted by atomic mass is 32.1. The summed E-state index contributed by atoms with van der Waals surface area (Å²) in [6, 6.07) is 0. The van der Waals surface area contributed by atoms with Crippen LogP contribution in [-0.2, 0) is 4.79 Å². The van der Waals surface area contributed by atoms with Crippen LogP contribution in [0.5, 0.6) is 0 Å². The molecule has 0 spiro atoms. The third kappa shape index (κ3) is 1.85. The van der Waals surface area contributed by atoms with Crippen LogP contribution in [0.1, 0.15) is 15.9 Å². The van der Waals surface area contributed by atoms with Crippen LogP contribution in [0.2, 0.25) is 0 Å². The van der Waals surface area contributed by atoms with Crippen molar-refractivity contribution in [2.75, 3.05) is 0 Å². The van der Waals surface area contributed by atoms with E-state index in [0.29, 0.717) is 11.8 Å². The van der Waals surface area contributed by atoms with E-state index in [-0.39, 0.29) is 0 Å². The fraction of sp³-hybridized carbons (Fsp3) is 0. The number of allylic oxidation sites excluding steroid dienone is 1. The quantitative estimate of drug-likeness (QED) is 0.506. The molecule has 0 amide bonds. The molecule has 0 bridgehead atoms. The first-order valence-corrected chi connectivity index (χ1v) is 3.96. The van der Waals surface area contributed by atoms with Crippen LogP contribution in [0.25, 0.3) is 6.08 Å². The average molecular weight is 166 g/mol. The predicted octanol–water partition coefficient (Wildman–Crippen LogP) is 1.77. The van der Waals surface area contributed by atoms with Crippen LogP contribution in [0.15, 0.2) is 16.8 Å². The SMILES string of the molecule is O=CC=Cc1cscc1C=O. The number of hydrogen-bond donors (Lipinski definition) is 0. The molecule has 0 saturated carbocycles. The number of hydrogen-bond acceptors (Lipinski definition) is 3. The lowest BCUT2D eigenvalue weighted by atomic mass is 10.2. The molecule has 11 heavy (non-hydrogen) atoms. The van der Waals surface area contributed by atoms with Crippen molar-refractivity contribution in [1.82, 2.24) is 0 Å². The fourth-order valence-electron chi connectivity index (χ4n) is 0.691. The Labute approximate surface area is 68.2 Å². The van der Waals surface area contributed by atoms with Crippen molar-refractivity contribution in [3.05, 3.63) is 28.0 Å². The van der Waals surface area contributed by atoms with Gasteiger partial charge in [-0.2, -0.15) is 11.3 Å². The summed E-state index contributed by atoms with van der Waals surface area (Å²) >= 11 is 1.44. The van der Waals surface area contributed by atoms with E-state index in [2.05, 4.69) is 0 Å². The topological polar surface area (TPSA) is 34.1 Å². The first-order valence-electron chi connectivity index (χ1n) is 3.01. The standard InChI is InChI=1S/C8H6O2S/c9-3-1-2-7-5-11-6-8(7)4-10/h1-6H. The Morgan fingerprint density at radius 1 is 1.18 bits per heavy atom. The Morgan fingerprint density at radius 2 is 1.91 bits per heavy atom. The van der Waals surface area contributed by atoms with Crippen molar-refractivity contribution in [2.24, 2.45) is 0 Å². The van der Waals surface area contributed by atoms with E-state index in [4.69, 9.17) is 0 Å². The molecule has 0 aromatic carbocycles. The molecule has 56 valence electrons. The predicted molar refractivity (Wildman–Crippen MR) is 44.8 cm³/mol. The molecule has 0 saturated heterocycles. The maximum Gasteiger partial charge on any atom is 0.151 e. The highest BCUT2D eigenvalue weighted by Gasteiger charge is 1.96. The third-order valence-electron chi connectivity index (χ3n) is 1.20. The van der Waals surface area contributed by atoms with Gasteiger partial charge in [0.1, 0.15) is 6.29 Å². The summed E-state index contributed by atoms with van der Waals surface area (Å²) in [7, 11) is 0. The highest BCUT2D eigenvalue weighted by Crippen LogP contribution is 2.13. The van der Waals surface area contributed by atoms with Gasteiger partial charge in [-0.15, -0.1) is 0 Å². The molecule has 0 aliphatic heterocycles. The molecule has 1 heterocycles. The summed E-state index contributed by atoms with van der Waals surface area (Å²) in [5, 5.41) is 3.57. The van der Waals surface area contributed by atoms with Crippen molar-refractivity contribution < 1.29 is 9.59 Å². The van der Waals surface area contributed by atoms with Gasteiger partial charge >= 0.3 is 0 Å². The number of thiophene rings is 1. The molecule has 0 unspecified atom stereocenters. The molecule has 0 aliphatic rings. The maximum atomic E-state index is 10.3. The molecule has 1 aromatic heterocycles. The Kier molecular flexibility index (Phi) is 2.74. The van der Waals surface area contributed by atoms with Gasteiger partial charge in [-0.1, -0.05) is 6.08 Å². The van der Waals surface area contributed by atoms with E-state index >= 15 is 0 Å². The lowest BCUT2D eigenvalue weighted by Gasteiger charge is -1.83. The summed E-state index contributed by atoms with van der Waals surface area (Å²) in [5.74, 6) is 0. The van der Waals surface area contributed by atoms with E-state index in [1.807, 2.05) is 5.38 Å². The minimum atomic E-state index is 0.633. The van der Waals surface area contributed by atoms with Gasteiger partial charge in [-0.3, -0.25) is 9.59 Å². The first-order chi connectivity index (χ1) is 5.38. The zero-order valence-corrected chi connectivity index (χ0v) is 6.51. The molecule has 0 atom stereocenters. The van der Waals surface area contributed by atoms with E-state index in [9.17, 15) is 9.59 Å². The molecule has 0 N–H and O–H groups in total. The lowest BCUT2D eigenvalue weighted by molar-refractivity contribution is -0.104. The number of carbonyl (C=O) groups excluding carboxylic acids is 2. The molecule has 2 nitrogen and oxygen atoms in total. The minimum absolute atomic E-state index is 0.633. The summed E-state index contributed by atoms with van der Waals surface area (Å²) in [4.78, 5) is 20.3. The van der Waals surface area contributed by atoms with E-state index < -0.39 is 0 Å². The van der Waals surface area contributed by atoms with Gasteiger partial charge in [-0.05, 0) is 17.0 Å². The summed E-state index contributed by atoms with van der Waals surface area (Å²) in [6.07, 6.45) is 4.45. The van der Waals surface area contributed by atoms with Crippen LogP contribution < -0.4 is 0 Å². The Morgan fingerprint density at radius 3 is 2.55 bits per heavy atom. The lowest BCUT2D eigenvalue weighted by Crippen LogP contribution is -1.76. The average Bonchev–Trinajstić information content (AvgIpc) is 2.47. The summed E-state index contributed by atoms with van der Waals surface area (Å²) in [6.45, 7) is 0. The highest BCUT2D eigenvalue weighted by molar-refractivity contribution is 7.08. The molecular formula is C8H6O2S. The second-order valence-electron chi connectivity index (χ2n) is 1.90.